The van der Waals surface area contributed by atoms with Crippen LogP contribution in [0.1, 0.15) is 125 Å². The molecule has 0 aliphatic heterocycles. The maximum atomic E-state index is 2.39. The van der Waals surface area contributed by atoms with Gasteiger partial charge in [0.1, 0.15) is 0 Å². The first-order valence-electron chi connectivity index (χ1n) is 51.0. The zero-order valence-corrected chi connectivity index (χ0v) is 85.9. The molecule has 0 amide bonds. The van der Waals surface area contributed by atoms with Gasteiger partial charge in [-0.2, -0.15) is 0 Å². The van der Waals surface area contributed by atoms with Gasteiger partial charge in [0.2, 0.25) is 0 Å². The summed E-state index contributed by atoms with van der Waals surface area (Å²) >= 11 is 0. The van der Waals surface area contributed by atoms with E-state index in [2.05, 4.69) is 614 Å². The molecule has 145 heavy (non-hydrogen) atoms. The molecule has 0 radical (unpaired) electrons. The van der Waals surface area contributed by atoms with Gasteiger partial charge in [-0.3, -0.25) is 0 Å². The largest absolute Gasteiger partial charge is 0.345 e. The second kappa shape index (κ2) is 39.0. The maximum absolute atomic E-state index is 2.39. The summed E-state index contributed by atoms with van der Waals surface area (Å²) in [6.07, 6.45) is 0. The minimum atomic E-state index is -0.0521. The highest BCUT2D eigenvalue weighted by Crippen LogP contribution is 2.57. The molecule has 0 spiro atoms. The van der Waals surface area contributed by atoms with E-state index in [9.17, 15) is 0 Å². The fraction of sp³-hybridized carbons (Fsp3) is 0.143. The zero-order valence-electron chi connectivity index (χ0n) is 85.9. The van der Waals surface area contributed by atoms with Crippen LogP contribution in [-0.2, 0) is 27.1 Å². The van der Waals surface area contributed by atoms with Crippen LogP contribution in [0.2, 0.25) is 0 Å². The minimum absolute atomic E-state index is 0.0156. The Morgan fingerprint density at radius 3 is 0.572 bits per heavy atom. The Labute approximate surface area is 859 Å². The molecule has 0 fully saturated rings. The molecular weight excluding hydrogens is 1750 g/mol. The lowest BCUT2D eigenvalue weighted by Crippen LogP contribution is -2.16. The van der Waals surface area contributed by atoms with Crippen molar-refractivity contribution in [2.45, 2.75) is 96.3 Å². The highest BCUT2D eigenvalue weighted by Gasteiger charge is 2.42. The molecule has 0 saturated heterocycles. The Bertz CT molecular complexity index is 8110. The van der Waals surface area contributed by atoms with Gasteiger partial charge in [-0.1, -0.05) is 427 Å². The van der Waals surface area contributed by atoms with Crippen LogP contribution < -0.4 is 24.5 Å². The minimum Gasteiger partial charge on any atom is -0.345 e. The molecule has 0 N–H and O–H groups in total. The summed E-state index contributed by atoms with van der Waals surface area (Å²) in [7, 11) is 10.7. The Morgan fingerprint density at radius 2 is 0.290 bits per heavy atom. The second-order valence-electron chi connectivity index (χ2n) is 41.8. The number of para-hydroxylation sites is 3. The second-order valence-corrected chi connectivity index (χ2v) is 41.8. The Kier molecular flexibility index (Phi) is 25.5. The lowest BCUT2D eigenvalue weighted by atomic mass is 9.81. The molecule has 20 aromatic carbocycles. The van der Waals surface area contributed by atoms with Gasteiger partial charge in [-0.25, -0.2) is 0 Å². The highest BCUT2D eigenvalue weighted by molar-refractivity contribution is 5.92. The van der Waals surface area contributed by atoms with Crippen LogP contribution in [0, 0.1) is 0 Å². The fourth-order valence-corrected chi connectivity index (χ4v) is 22.9. The van der Waals surface area contributed by atoms with Crippen molar-refractivity contribution in [2.75, 3.05) is 59.7 Å². The van der Waals surface area contributed by atoms with E-state index < -0.39 is 0 Å². The van der Waals surface area contributed by atoms with Gasteiger partial charge in [-0.05, 0) is 289 Å². The number of fused-ring (bicyclic) bond motifs is 15. The van der Waals surface area contributed by atoms with Crippen LogP contribution in [0.4, 0.5) is 56.9 Å². The van der Waals surface area contributed by atoms with Gasteiger partial charge in [-0.15, -0.1) is 0 Å². The summed E-state index contributed by atoms with van der Waals surface area (Å²) in [6.45, 7) is 23.4. The number of anilines is 10. The third kappa shape index (κ3) is 17.9. The zero-order chi connectivity index (χ0) is 100. The Balaban J connectivity index is 0.000000107. The maximum Gasteiger partial charge on any atom is 0.0487 e. The topological polar surface area (TPSA) is 16.2 Å². The lowest BCUT2D eigenvalue weighted by molar-refractivity contribution is 0.660. The standard InChI is InChI=1S/C34H29N.3C28H25N.C22H21N/c1-34(2)32-22-27(25-12-8-5-9-13-25)16-20-30(32)31-21-19-29(23-33(31)34)35(3)28-17-14-26(15-18-28)24-10-6-4-7-11-24;1-28(2)26-18-21(20-10-6-4-7-11-20)14-16-24(26)25-17-15-23(19-27(25)28)29(3)22-12-8-5-9-13-22;1-28(2)25-15-9-7-14-23(25)24-18-17-21(19-26(24)28)29(3)27-16-10-8-13-22(27)20-11-5-4-6-12-20;1-28(2)26-12-8-7-11-24(26)25-18-17-23(19-27(25)28)29(3)22-15-13-21(14-16-22)20-9-5-4-6-10-20;1-22(2)20-12-8-7-11-18(20)19-14-13-17(15-21(19)22)23(3)16-9-5-4-6-10-16/h4-23H,1-3H3;3*4-19H,1-3H3;4-15H,1-3H3. The molecule has 5 nitrogen and oxygen atoms in total. The van der Waals surface area contributed by atoms with E-state index in [1.165, 1.54) is 224 Å². The van der Waals surface area contributed by atoms with Crippen LogP contribution >= 0.6 is 0 Å². The first-order valence-corrected chi connectivity index (χ1v) is 51.0. The van der Waals surface area contributed by atoms with Crippen molar-refractivity contribution in [3.8, 4) is 111 Å². The van der Waals surface area contributed by atoms with Gasteiger partial charge in [0.05, 0.1) is 0 Å². The van der Waals surface area contributed by atoms with Gasteiger partial charge >= 0.3 is 0 Å². The molecule has 710 valence electrons. The van der Waals surface area contributed by atoms with E-state index in [4.69, 9.17) is 0 Å². The molecule has 0 aromatic heterocycles. The normalized spacial score (nSPS) is 13.6. The van der Waals surface area contributed by atoms with Crippen molar-refractivity contribution in [1.82, 2.24) is 0 Å². The van der Waals surface area contributed by atoms with E-state index in [1.807, 2.05) is 0 Å². The summed E-state index contributed by atoms with van der Waals surface area (Å²) < 4.78 is 0. The third-order valence-electron chi connectivity index (χ3n) is 31.5. The Hall–Kier alpha value is -16.6. The molecule has 0 saturated carbocycles. The van der Waals surface area contributed by atoms with Crippen molar-refractivity contribution in [3.05, 3.63) is 541 Å². The molecule has 5 aliphatic rings. The predicted octanol–water partition coefficient (Wildman–Crippen LogP) is 37.1. The number of rotatable bonds is 15. The molecule has 0 unspecified atom stereocenters. The van der Waals surface area contributed by atoms with Crippen molar-refractivity contribution >= 4 is 56.9 Å². The van der Waals surface area contributed by atoms with Gasteiger partial charge in [0.15, 0.2) is 0 Å². The summed E-state index contributed by atoms with van der Waals surface area (Å²) in [5, 5.41) is 0. The smallest absolute Gasteiger partial charge is 0.0487 e. The summed E-state index contributed by atoms with van der Waals surface area (Å²) in [5.41, 5.74) is 52.4. The van der Waals surface area contributed by atoms with E-state index in [0.29, 0.717) is 0 Å². The van der Waals surface area contributed by atoms with Gasteiger partial charge in [0, 0.05) is 125 Å². The monoisotopic (exact) mass is 1880 g/mol. The molecule has 5 aliphatic carbocycles. The molecule has 0 bridgehead atoms. The van der Waals surface area contributed by atoms with Crippen molar-refractivity contribution < 1.29 is 0 Å². The van der Waals surface area contributed by atoms with Gasteiger partial charge < -0.3 is 24.5 Å². The van der Waals surface area contributed by atoms with Gasteiger partial charge in [0.25, 0.3) is 0 Å². The SMILES string of the molecule is CN(c1ccc(-c2ccccc2)cc1)c1ccc2c(c1)C(C)(C)c1cc(-c3ccccc3)ccc1-2.CN(c1ccc(-c2ccccc2)cc1)c1ccc2c(c1)C(C)(C)c1ccccc1-2.CN(c1ccc2c(c1)C(C)(C)c1ccccc1-2)c1ccccc1-c1ccccc1.CN(c1ccccc1)c1ccc2c(c1)C(C)(C)c1cc(-c3ccccc3)ccc1-2.CN(c1ccccc1)c1ccc2c(c1)C(C)(C)c1ccccc1-2. The van der Waals surface area contributed by atoms with Crippen molar-refractivity contribution in [1.29, 1.82) is 0 Å². The quantitative estimate of drug-likeness (QED) is 0.101. The molecule has 5 heteroatoms. The molecule has 20 aromatic rings. The number of benzene rings is 20. The summed E-state index contributed by atoms with van der Waals surface area (Å²) in [6, 6.07) is 175. The Morgan fingerprint density at radius 1 is 0.117 bits per heavy atom. The number of hydrogen-bond acceptors (Lipinski definition) is 5. The molecular formula is C140H125N5. The average molecular weight is 1880 g/mol. The van der Waals surface area contributed by atoms with E-state index in [1.54, 1.807) is 0 Å². The summed E-state index contributed by atoms with van der Waals surface area (Å²) in [4.78, 5) is 11.4. The lowest BCUT2D eigenvalue weighted by Gasteiger charge is -2.26. The third-order valence-corrected chi connectivity index (χ3v) is 31.5. The van der Waals surface area contributed by atoms with Crippen LogP contribution in [0.15, 0.2) is 485 Å². The van der Waals surface area contributed by atoms with E-state index in [-0.39, 0.29) is 27.1 Å². The van der Waals surface area contributed by atoms with Crippen LogP contribution in [0.3, 0.4) is 0 Å². The van der Waals surface area contributed by atoms with Crippen molar-refractivity contribution in [2.24, 2.45) is 0 Å². The summed E-state index contributed by atoms with van der Waals surface area (Å²) in [5.74, 6) is 0. The first-order chi connectivity index (χ1) is 70.3. The fourth-order valence-electron chi connectivity index (χ4n) is 22.9. The molecule has 25 rings (SSSR count). The predicted molar refractivity (Wildman–Crippen MR) is 620 cm³/mol. The molecule has 0 heterocycles. The van der Waals surface area contributed by atoms with E-state index >= 15 is 0 Å². The first kappa shape index (κ1) is 94.6. The number of hydrogen-bond donors (Lipinski definition) is 0. The van der Waals surface area contributed by atoms with E-state index in [0.717, 1.165) is 0 Å². The average Bonchev–Trinajstić information content (AvgIpc) is 1.59. The van der Waals surface area contributed by atoms with Crippen LogP contribution in [-0.4, -0.2) is 35.2 Å². The highest BCUT2D eigenvalue weighted by atomic mass is 15.1. The van der Waals surface area contributed by atoms with Crippen LogP contribution in [0.5, 0.6) is 0 Å². The van der Waals surface area contributed by atoms with Crippen LogP contribution in [0.25, 0.3) is 111 Å². The number of nitrogens with zero attached hydrogens (tertiary/aromatic N) is 5. The van der Waals surface area contributed by atoms with Crippen molar-refractivity contribution in [3.63, 3.8) is 0 Å². The molecule has 0 atom stereocenters.